The van der Waals surface area contributed by atoms with E-state index in [1.54, 1.807) is 16.4 Å². The standard InChI is InChI=1S/C18H30N2O2S.C4H10/c1-5-19(6-2)17-11-13-20(14-12-17)23(21,22)18-9-7-16(8-10-18)15(3)4;1-4(2)3/h7-10,15,17H,5-6,11-14H2,1-4H3;4H,1-3H3. The van der Waals surface area contributed by atoms with Gasteiger partial charge in [0.25, 0.3) is 0 Å². The van der Waals surface area contributed by atoms with E-state index in [1.807, 2.05) is 12.1 Å². The van der Waals surface area contributed by atoms with Crippen molar-refractivity contribution in [1.29, 1.82) is 0 Å². The van der Waals surface area contributed by atoms with E-state index in [4.69, 9.17) is 0 Å². The third-order valence-corrected chi connectivity index (χ3v) is 6.85. The Morgan fingerprint density at radius 3 is 1.78 bits per heavy atom. The quantitative estimate of drug-likeness (QED) is 0.682. The summed E-state index contributed by atoms with van der Waals surface area (Å²) in [5.74, 6) is 1.25. The smallest absolute Gasteiger partial charge is 0.243 e. The Morgan fingerprint density at radius 1 is 0.963 bits per heavy atom. The highest BCUT2D eigenvalue weighted by Crippen LogP contribution is 2.24. The van der Waals surface area contributed by atoms with Gasteiger partial charge in [0.15, 0.2) is 0 Å². The molecule has 0 N–H and O–H groups in total. The minimum absolute atomic E-state index is 0.413. The lowest BCUT2D eigenvalue weighted by Gasteiger charge is -2.37. The van der Waals surface area contributed by atoms with Crippen molar-refractivity contribution in [2.75, 3.05) is 26.2 Å². The summed E-state index contributed by atoms with van der Waals surface area (Å²) in [6.45, 7) is 18.4. The van der Waals surface area contributed by atoms with Crippen LogP contribution < -0.4 is 0 Å². The van der Waals surface area contributed by atoms with Gasteiger partial charge in [-0.15, -0.1) is 0 Å². The summed E-state index contributed by atoms with van der Waals surface area (Å²) in [5.41, 5.74) is 1.17. The van der Waals surface area contributed by atoms with Gasteiger partial charge in [0, 0.05) is 19.1 Å². The lowest BCUT2D eigenvalue weighted by molar-refractivity contribution is 0.152. The molecule has 156 valence electrons. The maximum absolute atomic E-state index is 12.8. The van der Waals surface area contributed by atoms with E-state index < -0.39 is 10.0 Å². The van der Waals surface area contributed by atoms with Gasteiger partial charge in [0.1, 0.15) is 0 Å². The van der Waals surface area contributed by atoms with Gasteiger partial charge in [-0.05, 0) is 55.5 Å². The van der Waals surface area contributed by atoms with E-state index in [-0.39, 0.29) is 0 Å². The van der Waals surface area contributed by atoms with Crippen molar-refractivity contribution in [3.63, 3.8) is 0 Å². The lowest BCUT2D eigenvalue weighted by atomic mass is 10.0. The fourth-order valence-electron chi connectivity index (χ4n) is 3.36. The Morgan fingerprint density at radius 2 is 1.41 bits per heavy atom. The zero-order valence-electron chi connectivity index (χ0n) is 18.4. The van der Waals surface area contributed by atoms with Crippen molar-refractivity contribution in [2.45, 2.75) is 78.2 Å². The summed E-state index contributed by atoms with van der Waals surface area (Å²) >= 11 is 0. The van der Waals surface area contributed by atoms with Gasteiger partial charge >= 0.3 is 0 Å². The van der Waals surface area contributed by atoms with Crippen LogP contribution in [0.2, 0.25) is 0 Å². The lowest BCUT2D eigenvalue weighted by Crippen LogP contribution is -2.46. The Bertz CT molecular complexity index is 624. The molecule has 1 aliphatic heterocycles. The van der Waals surface area contributed by atoms with Crippen LogP contribution in [0.15, 0.2) is 29.2 Å². The minimum atomic E-state index is -3.35. The molecule has 1 aromatic rings. The summed E-state index contributed by atoms with van der Waals surface area (Å²) in [5, 5.41) is 0. The van der Waals surface area contributed by atoms with Crippen LogP contribution in [0.25, 0.3) is 0 Å². The van der Waals surface area contributed by atoms with E-state index in [9.17, 15) is 8.42 Å². The number of benzene rings is 1. The van der Waals surface area contributed by atoms with Crippen LogP contribution in [0.1, 0.15) is 72.8 Å². The number of rotatable bonds is 6. The Labute approximate surface area is 168 Å². The second kappa shape index (κ2) is 11.2. The molecule has 0 saturated carbocycles. The van der Waals surface area contributed by atoms with Crippen molar-refractivity contribution in [3.8, 4) is 0 Å². The first kappa shape index (κ1) is 24.1. The molecule has 1 aliphatic rings. The number of piperidine rings is 1. The molecular weight excluding hydrogens is 356 g/mol. The largest absolute Gasteiger partial charge is 0.301 e. The molecule has 27 heavy (non-hydrogen) atoms. The van der Waals surface area contributed by atoms with Crippen molar-refractivity contribution in [3.05, 3.63) is 29.8 Å². The van der Waals surface area contributed by atoms with Crippen molar-refractivity contribution < 1.29 is 8.42 Å². The molecule has 1 saturated heterocycles. The van der Waals surface area contributed by atoms with Crippen LogP contribution >= 0.6 is 0 Å². The zero-order valence-corrected chi connectivity index (χ0v) is 19.2. The molecule has 0 bridgehead atoms. The monoisotopic (exact) mass is 396 g/mol. The molecular formula is C22H40N2O2S. The predicted octanol–water partition coefficient (Wildman–Crippen LogP) is 4.97. The number of sulfonamides is 1. The molecule has 0 aromatic heterocycles. The first-order valence-corrected chi connectivity index (χ1v) is 11.9. The topological polar surface area (TPSA) is 40.6 Å². The third kappa shape index (κ3) is 7.20. The van der Waals surface area contributed by atoms with Gasteiger partial charge < -0.3 is 4.90 Å². The Kier molecular flexibility index (Phi) is 9.99. The normalized spacial score (nSPS) is 16.7. The van der Waals surface area contributed by atoms with Crippen LogP contribution in [-0.2, 0) is 10.0 Å². The van der Waals surface area contributed by atoms with Gasteiger partial charge in [-0.3, -0.25) is 0 Å². The van der Waals surface area contributed by atoms with Crippen molar-refractivity contribution in [2.24, 2.45) is 5.92 Å². The molecule has 1 heterocycles. The second-order valence-corrected chi connectivity index (χ2v) is 10.3. The third-order valence-electron chi connectivity index (χ3n) is 4.94. The summed E-state index contributed by atoms with van der Waals surface area (Å²) < 4.78 is 27.2. The van der Waals surface area contributed by atoms with E-state index in [0.29, 0.717) is 29.9 Å². The van der Waals surface area contributed by atoms with E-state index in [1.165, 1.54) is 5.56 Å². The summed E-state index contributed by atoms with van der Waals surface area (Å²) in [6, 6.07) is 7.88. The minimum Gasteiger partial charge on any atom is -0.301 e. The zero-order chi connectivity index (χ0) is 20.6. The van der Waals surface area contributed by atoms with Crippen LogP contribution in [0.4, 0.5) is 0 Å². The molecule has 0 spiro atoms. The van der Waals surface area contributed by atoms with E-state index in [2.05, 4.69) is 53.4 Å². The molecule has 0 radical (unpaired) electrons. The second-order valence-electron chi connectivity index (χ2n) is 8.31. The van der Waals surface area contributed by atoms with Crippen LogP contribution in [0.3, 0.4) is 0 Å². The summed E-state index contributed by atoms with van der Waals surface area (Å²) in [7, 11) is -3.35. The SMILES string of the molecule is CC(C)C.CCN(CC)C1CCN(S(=O)(=O)c2ccc(C(C)C)cc2)CC1. The molecule has 0 aliphatic carbocycles. The average Bonchev–Trinajstić information content (AvgIpc) is 2.63. The van der Waals surface area contributed by atoms with Crippen LogP contribution in [-0.4, -0.2) is 49.8 Å². The van der Waals surface area contributed by atoms with Crippen molar-refractivity contribution in [1.82, 2.24) is 9.21 Å². The maximum Gasteiger partial charge on any atom is 0.243 e. The first-order chi connectivity index (χ1) is 12.6. The van der Waals surface area contributed by atoms with Crippen molar-refractivity contribution >= 4 is 10.0 Å². The van der Waals surface area contributed by atoms with Gasteiger partial charge in [-0.25, -0.2) is 8.42 Å². The Hall–Kier alpha value is -0.910. The van der Waals surface area contributed by atoms with E-state index >= 15 is 0 Å². The van der Waals surface area contributed by atoms with E-state index in [0.717, 1.165) is 31.8 Å². The van der Waals surface area contributed by atoms with Gasteiger partial charge in [-0.2, -0.15) is 4.31 Å². The van der Waals surface area contributed by atoms with Crippen LogP contribution in [0.5, 0.6) is 0 Å². The molecule has 4 nitrogen and oxygen atoms in total. The first-order valence-electron chi connectivity index (χ1n) is 10.5. The number of hydrogen-bond acceptors (Lipinski definition) is 3. The summed E-state index contributed by atoms with van der Waals surface area (Å²) in [6.07, 6.45) is 1.84. The maximum atomic E-state index is 12.8. The molecule has 1 aromatic carbocycles. The average molecular weight is 397 g/mol. The molecule has 0 atom stereocenters. The van der Waals surface area contributed by atoms with Gasteiger partial charge in [0.05, 0.1) is 4.90 Å². The highest BCUT2D eigenvalue weighted by atomic mass is 32.2. The highest BCUT2D eigenvalue weighted by molar-refractivity contribution is 7.89. The molecule has 5 heteroatoms. The van der Waals surface area contributed by atoms with Gasteiger partial charge in [0.2, 0.25) is 10.0 Å². The number of hydrogen-bond donors (Lipinski definition) is 0. The summed E-state index contributed by atoms with van der Waals surface area (Å²) in [4.78, 5) is 2.85. The Balaban J connectivity index is 0.000000828. The fraction of sp³-hybridized carbons (Fsp3) is 0.727. The van der Waals surface area contributed by atoms with Gasteiger partial charge in [-0.1, -0.05) is 60.6 Å². The number of nitrogens with zero attached hydrogens (tertiary/aromatic N) is 2. The molecule has 2 rings (SSSR count). The fourth-order valence-corrected chi connectivity index (χ4v) is 4.83. The van der Waals surface area contributed by atoms with Crippen LogP contribution in [0, 0.1) is 5.92 Å². The molecule has 1 fully saturated rings. The molecule has 0 unspecified atom stereocenters. The highest BCUT2D eigenvalue weighted by Gasteiger charge is 2.30. The predicted molar refractivity (Wildman–Crippen MR) is 116 cm³/mol. The molecule has 0 amide bonds.